The molecule has 0 atom stereocenters. The summed E-state index contributed by atoms with van der Waals surface area (Å²) in [5.41, 5.74) is 1.18. The van der Waals surface area contributed by atoms with Gasteiger partial charge in [-0.1, -0.05) is 42.5 Å². The van der Waals surface area contributed by atoms with Crippen LogP contribution in [0.2, 0.25) is 0 Å². The Balaban J connectivity index is 1.34. The van der Waals surface area contributed by atoms with Crippen LogP contribution >= 0.6 is 0 Å². The second-order valence-electron chi connectivity index (χ2n) is 8.04. The maximum atomic E-state index is 12.5. The van der Waals surface area contributed by atoms with Gasteiger partial charge in [0.25, 0.3) is 0 Å². The highest BCUT2D eigenvalue weighted by molar-refractivity contribution is 7.88. The summed E-state index contributed by atoms with van der Waals surface area (Å²) in [6.45, 7) is 5.27. The lowest BCUT2D eigenvalue weighted by molar-refractivity contribution is -0.138. The first-order chi connectivity index (χ1) is 14.8. The molecular weight excluding hydrogens is 416 g/mol. The van der Waals surface area contributed by atoms with Crippen LogP contribution in [-0.2, 0) is 19.6 Å². The monoisotopic (exact) mass is 448 g/mol. The fourth-order valence-corrected chi connectivity index (χ4v) is 4.71. The van der Waals surface area contributed by atoms with Gasteiger partial charge in [0.2, 0.25) is 21.8 Å². The number of sulfonamides is 1. The van der Waals surface area contributed by atoms with E-state index in [2.05, 4.69) is 29.2 Å². The second kappa shape index (κ2) is 10.9. The van der Waals surface area contributed by atoms with Crippen molar-refractivity contribution in [3.8, 4) is 0 Å². The molecule has 0 aliphatic carbocycles. The van der Waals surface area contributed by atoms with Gasteiger partial charge >= 0.3 is 0 Å². The van der Waals surface area contributed by atoms with Gasteiger partial charge in [-0.05, 0) is 5.56 Å². The fraction of sp³-hybridized carbons (Fsp3) is 0.545. The Labute approximate surface area is 185 Å². The Bertz CT molecular complexity index is 872. The van der Waals surface area contributed by atoms with Crippen molar-refractivity contribution in [2.24, 2.45) is 0 Å². The van der Waals surface area contributed by atoms with E-state index in [0.717, 1.165) is 19.6 Å². The van der Waals surface area contributed by atoms with E-state index in [1.54, 1.807) is 4.90 Å². The first-order valence-corrected chi connectivity index (χ1v) is 12.6. The van der Waals surface area contributed by atoms with Gasteiger partial charge in [0.15, 0.2) is 0 Å². The lowest BCUT2D eigenvalue weighted by atomic mass is 10.2. The average Bonchev–Trinajstić information content (AvgIpc) is 2.78. The van der Waals surface area contributed by atoms with E-state index in [4.69, 9.17) is 0 Å². The molecule has 31 heavy (non-hydrogen) atoms. The molecule has 2 heterocycles. The zero-order valence-corrected chi connectivity index (χ0v) is 19.0. The molecule has 9 heteroatoms. The van der Waals surface area contributed by atoms with Crippen LogP contribution in [0.5, 0.6) is 0 Å². The van der Waals surface area contributed by atoms with Crippen LogP contribution < -0.4 is 0 Å². The van der Waals surface area contributed by atoms with Crippen molar-refractivity contribution in [3.63, 3.8) is 0 Å². The van der Waals surface area contributed by atoms with Crippen LogP contribution in [0, 0.1) is 0 Å². The number of benzene rings is 1. The summed E-state index contributed by atoms with van der Waals surface area (Å²) in [6, 6.07) is 10.2. The van der Waals surface area contributed by atoms with Gasteiger partial charge < -0.3 is 9.80 Å². The highest BCUT2D eigenvalue weighted by Crippen LogP contribution is 2.11. The third-order valence-electron chi connectivity index (χ3n) is 5.81. The fourth-order valence-electron chi connectivity index (χ4n) is 3.88. The summed E-state index contributed by atoms with van der Waals surface area (Å²) in [7, 11) is -3.21. The lowest BCUT2D eigenvalue weighted by Gasteiger charge is -2.35. The minimum absolute atomic E-state index is 0.0163. The molecule has 0 spiro atoms. The number of hydrogen-bond donors (Lipinski definition) is 0. The number of nitrogens with zero attached hydrogens (tertiary/aromatic N) is 4. The molecule has 8 nitrogen and oxygen atoms in total. The normalized spacial score (nSPS) is 19.1. The Kier molecular flexibility index (Phi) is 8.22. The topological polar surface area (TPSA) is 81.2 Å². The van der Waals surface area contributed by atoms with E-state index in [1.807, 2.05) is 23.1 Å². The molecule has 0 N–H and O–H groups in total. The molecule has 0 saturated carbocycles. The van der Waals surface area contributed by atoms with E-state index >= 15 is 0 Å². The van der Waals surface area contributed by atoms with Crippen molar-refractivity contribution in [2.45, 2.75) is 12.8 Å². The Morgan fingerprint density at radius 1 is 0.839 bits per heavy atom. The molecule has 0 radical (unpaired) electrons. The third-order valence-corrected chi connectivity index (χ3v) is 7.11. The molecule has 2 aliphatic rings. The van der Waals surface area contributed by atoms with E-state index in [1.165, 1.54) is 16.1 Å². The molecule has 2 saturated heterocycles. The van der Waals surface area contributed by atoms with Gasteiger partial charge in [0, 0.05) is 71.7 Å². The Hall–Kier alpha value is -2.23. The number of piperazine rings is 2. The molecule has 2 amide bonds. The van der Waals surface area contributed by atoms with Gasteiger partial charge in [-0.25, -0.2) is 8.42 Å². The molecule has 1 aromatic carbocycles. The van der Waals surface area contributed by atoms with Crippen LogP contribution in [-0.4, -0.2) is 104 Å². The summed E-state index contributed by atoms with van der Waals surface area (Å²) in [6.07, 6.45) is 5.83. The smallest absolute Gasteiger partial charge is 0.223 e. The summed E-state index contributed by atoms with van der Waals surface area (Å²) in [5, 5.41) is 0. The lowest BCUT2D eigenvalue weighted by Crippen LogP contribution is -2.51. The van der Waals surface area contributed by atoms with Gasteiger partial charge in [-0.2, -0.15) is 4.31 Å². The summed E-state index contributed by atoms with van der Waals surface area (Å²) in [4.78, 5) is 30.7. The predicted molar refractivity (Wildman–Crippen MR) is 121 cm³/mol. The summed E-state index contributed by atoms with van der Waals surface area (Å²) in [5.74, 6) is -0.0613. The van der Waals surface area contributed by atoms with E-state index < -0.39 is 10.0 Å². The minimum atomic E-state index is -3.21. The van der Waals surface area contributed by atoms with E-state index in [0.29, 0.717) is 39.3 Å². The van der Waals surface area contributed by atoms with Crippen molar-refractivity contribution in [1.82, 2.24) is 19.0 Å². The average molecular weight is 449 g/mol. The van der Waals surface area contributed by atoms with Crippen molar-refractivity contribution < 1.29 is 18.0 Å². The predicted octanol–water partition coefficient (Wildman–Crippen LogP) is 0.728. The van der Waals surface area contributed by atoms with Gasteiger partial charge in [-0.3, -0.25) is 14.5 Å². The van der Waals surface area contributed by atoms with Gasteiger partial charge in [-0.15, -0.1) is 0 Å². The molecule has 2 fully saturated rings. The molecule has 3 rings (SSSR count). The number of carbonyl (C=O) groups excluding carboxylic acids is 2. The van der Waals surface area contributed by atoms with Crippen LogP contribution in [0.25, 0.3) is 6.08 Å². The molecule has 0 bridgehead atoms. The SMILES string of the molecule is CS(=O)(=O)N1CCN(C(=O)CCC(=O)N2CCN(CC=Cc3ccccc3)CC2)CC1. The molecule has 170 valence electrons. The minimum Gasteiger partial charge on any atom is -0.340 e. The van der Waals surface area contributed by atoms with Crippen molar-refractivity contribution in [2.75, 3.05) is 65.2 Å². The zero-order chi connectivity index (χ0) is 22.3. The number of amides is 2. The maximum Gasteiger partial charge on any atom is 0.223 e. The largest absolute Gasteiger partial charge is 0.340 e. The van der Waals surface area contributed by atoms with Crippen molar-refractivity contribution >= 4 is 27.9 Å². The number of rotatable bonds is 7. The highest BCUT2D eigenvalue weighted by atomic mass is 32.2. The van der Waals surface area contributed by atoms with Crippen LogP contribution in [0.3, 0.4) is 0 Å². The van der Waals surface area contributed by atoms with Crippen LogP contribution in [0.1, 0.15) is 18.4 Å². The third kappa shape index (κ3) is 7.15. The van der Waals surface area contributed by atoms with Crippen molar-refractivity contribution in [1.29, 1.82) is 0 Å². The molecule has 1 aromatic rings. The molecule has 0 unspecified atom stereocenters. The van der Waals surface area contributed by atoms with Crippen molar-refractivity contribution in [3.05, 3.63) is 42.0 Å². The van der Waals surface area contributed by atoms with Crippen LogP contribution in [0.15, 0.2) is 36.4 Å². The summed E-state index contributed by atoms with van der Waals surface area (Å²) < 4.78 is 24.5. The van der Waals surface area contributed by atoms with Crippen LogP contribution in [0.4, 0.5) is 0 Å². The molecule has 0 aromatic heterocycles. The van der Waals surface area contributed by atoms with E-state index in [9.17, 15) is 18.0 Å². The first-order valence-electron chi connectivity index (χ1n) is 10.8. The number of hydrogen-bond acceptors (Lipinski definition) is 5. The Morgan fingerprint density at radius 2 is 1.35 bits per heavy atom. The molecular formula is C22H32N4O4S. The number of carbonyl (C=O) groups is 2. The zero-order valence-electron chi connectivity index (χ0n) is 18.1. The van der Waals surface area contributed by atoms with E-state index in [-0.39, 0.29) is 24.7 Å². The van der Waals surface area contributed by atoms with Gasteiger partial charge in [0.1, 0.15) is 0 Å². The Morgan fingerprint density at radius 3 is 1.87 bits per heavy atom. The first kappa shape index (κ1) is 23.4. The highest BCUT2D eigenvalue weighted by Gasteiger charge is 2.27. The summed E-state index contributed by atoms with van der Waals surface area (Å²) >= 11 is 0. The maximum absolute atomic E-state index is 12.5. The quantitative estimate of drug-likeness (QED) is 0.614. The van der Waals surface area contributed by atoms with Gasteiger partial charge in [0.05, 0.1) is 6.26 Å². The second-order valence-corrected chi connectivity index (χ2v) is 10.0. The standard InChI is InChI=1S/C22H32N4O4S/c1-31(29,30)26-18-16-25(17-19-26)22(28)10-9-21(27)24-14-12-23(13-15-24)11-5-8-20-6-3-2-4-7-20/h2-8H,9-19H2,1H3. The molecule has 2 aliphatic heterocycles.